The molecule has 0 heterocycles. The number of rotatable bonds is 9. The highest BCUT2D eigenvalue weighted by Crippen LogP contribution is 2.09. The maximum atomic E-state index is 12.3. The summed E-state index contributed by atoms with van der Waals surface area (Å²) in [6.07, 6.45) is 0.458. The van der Waals surface area contributed by atoms with Gasteiger partial charge in [-0.15, -0.1) is 0 Å². The van der Waals surface area contributed by atoms with E-state index >= 15 is 0 Å². The first-order valence-electron chi connectivity index (χ1n) is 7.46. The van der Waals surface area contributed by atoms with E-state index in [1.807, 2.05) is 44.2 Å². The molecule has 1 amide bonds. The number of benzene rings is 1. The maximum Gasteiger partial charge on any atom is 0.303 e. The standard InChI is InChI=1S/C17H23NO4/c1-12(2)10-15(19)14(11-13-6-4-3-5-7-13)18-16(20)8-9-17(21)22/h3-7,12,14H,8-11H2,1-2H3,(H,18,20)(H,21,22). The highest BCUT2D eigenvalue weighted by atomic mass is 16.4. The summed E-state index contributed by atoms with van der Waals surface area (Å²) in [5.41, 5.74) is 0.961. The van der Waals surface area contributed by atoms with E-state index in [4.69, 9.17) is 5.11 Å². The zero-order valence-electron chi connectivity index (χ0n) is 13.0. The third-order valence-electron chi connectivity index (χ3n) is 3.18. The van der Waals surface area contributed by atoms with Crippen molar-refractivity contribution >= 4 is 17.7 Å². The van der Waals surface area contributed by atoms with E-state index in [-0.39, 0.29) is 24.5 Å². The summed E-state index contributed by atoms with van der Waals surface area (Å²) in [6.45, 7) is 3.90. The quantitative estimate of drug-likeness (QED) is 0.732. The fourth-order valence-corrected chi connectivity index (χ4v) is 2.13. The van der Waals surface area contributed by atoms with Crippen molar-refractivity contribution in [3.8, 4) is 0 Å². The summed E-state index contributed by atoms with van der Waals surface area (Å²) in [5.74, 6) is -1.24. The number of carbonyl (C=O) groups excluding carboxylic acids is 2. The Kier molecular flexibility index (Phi) is 7.29. The average molecular weight is 305 g/mol. The van der Waals surface area contributed by atoms with Crippen LogP contribution < -0.4 is 5.32 Å². The number of hydrogen-bond donors (Lipinski definition) is 2. The van der Waals surface area contributed by atoms with E-state index < -0.39 is 17.9 Å². The van der Waals surface area contributed by atoms with Gasteiger partial charge in [0.2, 0.25) is 5.91 Å². The van der Waals surface area contributed by atoms with Crippen molar-refractivity contribution in [2.75, 3.05) is 0 Å². The molecule has 0 aliphatic rings. The van der Waals surface area contributed by atoms with Crippen LogP contribution in [0.5, 0.6) is 0 Å². The molecule has 5 nitrogen and oxygen atoms in total. The fraction of sp³-hybridized carbons (Fsp3) is 0.471. The molecular formula is C17H23NO4. The monoisotopic (exact) mass is 305 g/mol. The number of aliphatic carboxylic acids is 1. The van der Waals surface area contributed by atoms with Gasteiger partial charge in [0, 0.05) is 12.8 Å². The van der Waals surface area contributed by atoms with Crippen LogP contribution in [0.15, 0.2) is 30.3 Å². The molecule has 0 aliphatic heterocycles. The van der Waals surface area contributed by atoms with Gasteiger partial charge in [0.25, 0.3) is 0 Å². The molecule has 22 heavy (non-hydrogen) atoms. The molecule has 0 radical (unpaired) electrons. The summed E-state index contributed by atoms with van der Waals surface area (Å²) in [5, 5.41) is 11.3. The average Bonchev–Trinajstić information content (AvgIpc) is 2.45. The Morgan fingerprint density at radius 1 is 1.09 bits per heavy atom. The van der Waals surface area contributed by atoms with Gasteiger partial charge in [0.1, 0.15) is 0 Å². The van der Waals surface area contributed by atoms with Crippen LogP contribution in [0.3, 0.4) is 0 Å². The van der Waals surface area contributed by atoms with Gasteiger partial charge in [0.05, 0.1) is 12.5 Å². The van der Waals surface area contributed by atoms with Crippen molar-refractivity contribution < 1.29 is 19.5 Å². The van der Waals surface area contributed by atoms with Gasteiger partial charge in [-0.25, -0.2) is 0 Å². The van der Waals surface area contributed by atoms with Crippen molar-refractivity contribution in [3.05, 3.63) is 35.9 Å². The Balaban J connectivity index is 2.71. The second-order valence-electron chi connectivity index (χ2n) is 5.77. The highest BCUT2D eigenvalue weighted by molar-refractivity contribution is 5.90. The first-order valence-corrected chi connectivity index (χ1v) is 7.46. The molecule has 0 fully saturated rings. The minimum absolute atomic E-state index is 0.0254. The fourth-order valence-electron chi connectivity index (χ4n) is 2.13. The van der Waals surface area contributed by atoms with E-state index in [0.717, 1.165) is 5.56 Å². The van der Waals surface area contributed by atoms with Crippen LogP contribution in [0.4, 0.5) is 0 Å². The van der Waals surface area contributed by atoms with Gasteiger partial charge in [0.15, 0.2) is 5.78 Å². The second-order valence-corrected chi connectivity index (χ2v) is 5.77. The number of ketones is 1. The SMILES string of the molecule is CC(C)CC(=O)C(Cc1ccccc1)NC(=O)CCC(=O)O. The predicted octanol–water partition coefficient (Wildman–Crippen LogP) is 2.19. The van der Waals surface area contributed by atoms with Crippen LogP contribution >= 0.6 is 0 Å². The third kappa shape index (κ3) is 7.02. The molecule has 0 saturated carbocycles. The highest BCUT2D eigenvalue weighted by Gasteiger charge is 2.22. The maximum absolute atomic E-state index is 12.3. The van der Waals surface area contributed by atoms with Crippen LogP contribution in [-0.2, 0) is 20.8 Å². The zero-order chi connectivity index (χ0) is 16.5. The number of hydrogen-bond acceptors (Lipinski definition) is 3. The number of nitrogens with one attached hydrogen (secondary N) is 1. The van der Waals surface area contributed by atoms with Crippen LogP contribution in [0.2, 0.25) is 0 Å². The lowest BCUT2D eigenvalue weighted by Crippen LogP contribution is -2.42. The van der Waals surface area contributed by atoms with E-state index in [1.54, 1.807) is 0 Å². The van der Waals surface area contributed by atoms with E-state index in [0.29, 0.717) is 12.8 Å². The van der Waals surface area contributed by atoms with Crippen molar-refractivity contribution in [1.82, 2.24) is 5.32 Å². The van der Waals surface area contributed by atoms with Gasteiger partial charge in [-0.1, -0.05) is 44.2 Å². The number of amides is 1. The zero-order valence-corrected chi connectivity index (χ0v) is 13.0. The summed E-state index contributed by atoms with van der Waals surface area (Å²) in [4.78, 5) is 34.6. The number of carboxylic acid groups (broad SMARTS) is 1. The summed E-state index contributed by atoms with van der Waals surface area (Å²) in [7, 11) is 0. The summed E-state index contributed by atoms with van der Waals surface area (Å²) in [6, 6.07) is 8.85. The Morgan fingerprint density at radius 3 is 2.27 bits per heavy atom. The summed E-state index contributed by atoms with van der Waals surface area (Å²) < 4.78 is 0. The second kappa shape index (κ2) is 8.97. The molecule has 1 aromatic carbocycles. The molecular weight excluding hydrogens is 282 g/mol. The smallest absolute Gasteiger partial charge is 0.303 e. The lowest BCUT2D eigenvalue weighted by atomic mass is 9.96. The Morgan fingerprint density at radius 2 is 1.73 bits per heavy atom. The lowest BCUT2D eigenvalue weighted by Gasteiger charge is -2.19. The molecule has 0 aromatic heterocycles. The van der Waals surface area contributed by atoms with E-state index in [1.165, 1.54) is 0 Å². The molecule has 120 valence electrons. The molecule has 2 N–H and O–H groups in total. The van der Waals surface area contributed by atoms with Gasteiger partial charge in [-0.3, -0.25) is 14.4 Å². The van der Waals surface area contributed by atoms with Crippen molar-refractivity contribution in [2.45, 2.75) is 45.6 Å². The molecule has 5 heteroatoms. The molecule has 1 unspecified atom stereocenters. The minimum Gasteiger partial charge on any atom is -0.481 e. The van der Waals surface area contributed by atoms with Gasteiger partial charge in [-0.2, -0.15) is 0 Å². The van der Waals surface area contributed by atoms with Crippen LogP contribution in [-0.4, -0.2) is 28.8 Å². The van der Waals surface area contributed by atoms with Crippen molar-refractivity contribution in [3.63, 3.8) is 0 Å². The Hall–Kier alpha value is -2.17. The lowest BCUT2D eigenvalue weighted by molar-refractivity contribution is -0.139. The molecule has 1 rings (SSSR count). The number of Topliss-reactive ketones (excluding diaryl/α,β-unsaturated/α-hetero) is 1. The van der Waals surface area contributed by atoms with E-state index in [2.05, 4.69) is 5.32 Å². The number of carbonyl (C=O) groups is 3. The molecule has 1 atom stereocenters. The molecule has 0 aliphatic carbocycles. The third-order valence-corrected chi connectivity index (χ3v) is 3.18. The normalized spacial score (nSPS) is 12.0. The van der Waals surface area contributed by atoms with Crippen molar-refractivity contribution in [2.24, 2.45) is 5.92 Å². The van der Waals surface area contributed by atoms with Crippen LogP contribution in [0, 0.1) is 5.92 Å². The Bertz CT molecular complexity index is 511. The van der Waals surface area contributed by atoms with E-state index in [9.17, 15) is 14.4 Å². The molecule has 1 aromatic rings. The van der Waals surface area contributed by atoms with Gasteiger partial charge < -0.3 is 10.4 Å². The Labute approximate surface area is 130 Å². The van der Waals surface area contributed by atoms with Crippen molar-refractivity contribution in [1.29, 1.82) is 0 Å². The molecule has 0 bridgehead atoms. The first kappa shape index (κ1) is 17.9. The largest absolute Gasteiger partial charge is 0.481 e. The summed E-state index contributed by atoms with van der Waals surface area (Å²) >= 11 is 0. The molecule has 0 saturated heterocycles. The van der Waals surface area contributed by atoms with Crippen LogP contribution in [0.25, 0.3) is 0 Å². The topological polar surface area (TPSA) is 83.5 Å². The van der Waals surface area contributed by atoms with Crippen LogP contribution in [0.1, 0.15) is 38.7 Å². The molecule has 0 spiro atoms. The predicted molar refractivity (Wildman–Crippen MR) is 83.4 cm³/mol. The first-order chi connectivity index (χ1) is 10.4. The van der Waals surface area contributed by atoms with Gasteiger partial charge >= 0.3 is 5.97 Å². The van der Waals surface area contributed by atoms with Gasteiger partial charge in [-0.05, 0) is 17.9 Å². The number of carboxylic acids is 1. The minimum atomic E-state index is -1.02.